The molecule has 2 nitrogen and oxygen atoms in total. The van der Waals surface area contributed by atoms with Crippen molar-refractivity contribution < 1.29 is 8.81 Å². The van der Waals surface area contributed by atoms with E-state index in [9.17, 15) is 4.39 Å². The van der Waals surface area contributed by atoms with Gasteiger partial charge < -0.3 is 10.2 Å². The average molecular weight is 219 g/mol. The van der Waals surface area contributed by atoms with Crippen LogP contribution in [-0.4, -0.2) is 0 Å². The lowest BCUT2D eigenvalue weighted by Gasteiger charge is -2.00. The third-order valence-electron chi connectivity index (χ3n) is 3.28. The van der Waals surface area contributed by atoms with Crippen LogP contribution in [0.3, 0.4) is 0 Å². The average Bonchev–Trinajstić information content (AvgIpc) is 3.03. The predicted molar refractivity (Wildman–Crippen MR) is 60.8 cm³/mol. The van der Waals surface area contributed by atoms with Crippen LogP contribution in [0.15, 0.2) is 16.5 Å². The van der Waals surface area contributed by atoms with Crippen LogP contribution in [0.5, 0.6) is 0 Å². The summed E-state index contributed by atoms with van der Waals surface area (Å²) in [7, 11) is 0. The summed E-state index contributed by atoms with van der Waals surface area (Å²) in [4.78, 5) is 0. The van der Waals surface area contributed by atoms with Gasteiger partial charge in [-0.05, 0) is 37.3 Å². The zero-order valence-electron chi connectivity index (χ0n) is 9.22. The van der Waals surface area contributed by atoms with Gasteiger partial charge >= 0.3 is 0 Å². The van der Waals surface area contributed by atoms with Gasteiger partial charge in [-0.3, -0.25) is 0 Å². The molecule has 0 radical (unpaired) electrons. The molecule has 0 unspecified atom stereocenters. The fraction of sp³-hybridized carbons (Fsp3) is 0.385. The Balaban J connectivity index is 2.39. The van der Waals surface area contributed by atoms with Crippen molar-refractivity contribution in [1.82, 2.24) is 0 Å². The Morgan fingerprint density at radius 2 is 2.19 bits per heavy atom. The quantitative estimate of drug-likeness (QED) is 0.842. The van der Waals surface area contributed by atoms with Gasteiger partial charge in [0.05, 0.1) is 6.54 Å². The summed E-state index contributed by atoms with van der Waals surface area (Å²) in [5, 5.41) is 0.947. The number of furan rings is 1. The fourth-order valence-electron chi connectivity index (χ4n) is 2.36. The number of hydrogen-bond acceptors (Lipinski definition) is 2. The number of fused-ring (bicyclic) bond motifs is 1. The summed E-state index contributed by atoms with van der Waals surface area (Å²) in [5.74, 6) is 0.994. The van der Waals surface area contributed by atoms with E-state index in [0.717, 1.165) is 35.1 Å². The van der Waals surface area contributed by atoms with E-state index in [0.29, 0.717) is 18.0 Å². The molecule has 0 atom stereocenters. The zero-order chi connectivity index (χ0) is 11.3. The van der Waals surface area contributed by atoms with Gasteiger partial charge in [-0.2, -0.15) is 0 Å². The van der Waals surface area contributed by atoms with Crippen molar-refractivity contribution in [1.29, 1.82) is 0 Å². The molecule has 0 saturated heterocycles. The van der Waals surface area contributed by atoms with Crippen molar-refractivity contribution in [3.63, 3.8) is 0 Å². The van der Waals surface area contributed by atoms with Crippen LogP contribution in [0.25, 0.3) is 11.0 Å². The lowest BCUT2D eigenvalue weighted by Crippen LogP contribution is -1.97. The van der Waals surface area contributed by atoms with Crippen LogP contribution in [0, 0.1) is 12.7 Å². The van der Waals surface area contributed by atoms with E-state index < -0.39 is 0 Å². The monoisotopic (exact) mass is 219 g/mol. The third kappa shape index (κ3) is 1.28. The van der Waals surface area contributed by atoms with Crippen molar-refractivity contribution in [3.05, 3.63) is 34.8 Å². The summed E-state index contributed by atoms with van der Waals surface area (Å²) in [6.07, 6.45) is 2.33. The van der Waals surface area contributed by atoms with Crippen molar-refractivity contribution in [3.8, 4) is 0 Å². The molecule has 1 aromatic heterocycles. The summed E-state index contributed by atoms with van der Waals surface area (Å²) >= 11 is 0. The van der Waals surface area contributed by atoms with Gasteiger partial charge in [0.2, 0.25) is 0 Å². The molecule has 0 amide bonds. The third-order valence-corrected chi connectivity index (χ3v) is 3.28. The van der Waals surface area contributed by atoms with Crippen LogP contribution in [0.4, 0.5) is 4.39 Å². The standard InChI is InChI=1S/C13H14FNO/c1-7-2-5-9(14)13-11(7)12(8-3-4-8)10(6-15)16-13/h2,5,8H,3-4,6,15H2,1H3. The first-order chi connectivity index (χ1) is 7.72. The molecule has 2 aromatic rings. The van der Waals surface area contributed by atoms with Crippen LogP contribution < -0.4 is 5.73 Å². The lowest BCUT2D eigenvalue weighted by molar-refractivity contribution is 0.517. The van der Waals surface area contributed by atoms with Crippen LogP contribution in [0.1, 0.15) is 35.6 Å². The summed E-state index contributed by atoms with van der Waals surface area (Å²) in [6.45, 7) is 2.34. The summed E-state index contributed by atoms with van der Waals surface area (Å²) < 4.78 is 19.2. The number of rotatable bonds is 2. The van der Waals surface area contributed by atoms with Crippen molar-refractivity contribution in [2.45, 2.75) is 32.2 Å². The topological polar surface area (TPSA) is 39.2 Å². The SMILES string of the molecule is Cc1ccc(F)c2oc(CN)c(C3CC3)c12. The molecule has 1 saturated carbocycles. The Morgan fingerprint density at radius 3 is 2.81 bits per heavy atom. The minimum Gasteiger partial charge on any atom is -0.456 e. The minimum atomic E-state index is -0.290. The fourth-order valence-corrected chi connectivity index (χ4v) is 2.36. The zero-order valence-corrected chi connectivity index (χ0v) is 9.22. The first-order valence-electron chi connectivity index (χ1n) is 5.62. The highest BCUT2D eigenvalue weighted by Gasteiger charge is 2.31. The smallest absolute Gasteiger partial charge is 0.170 e. The van der Waals surface area contributed by atoms with Crippen molar-refractivity contribution >= 4 is 11.0 Å². The molecule has 2 N–H and O–H groups in total. The van der Waals surface area contributed by atoms with Gasteiger partial charge in [-0.15, -0.1) is 0 Å². The molecule has 1 aliphatic carbocycles. The molecular formula is C13H14FNO. The highest BCUT2D eigenvalue weighted by Crippen LogP contribution is 2.47. The van der Waals surface area contributed by atoms with Gasteiger partial charge in [0.25, 0.3) is 0 Å². The Labute approximate surface area is 93.2 Å². The summed E-state index contributed by atoms with van der Waals surface area (Å²) in [6, 6.07) is 3.26. The van der Waals surface area contributed by atoms with E-state index >= 15 is 0 Å². The lowest BCUT2D eigenvalue weighted by atomic mass is 10.0. The van der Waals surface area contributed by atoms with E-state index in [1.165, 1.54) is 6.07 Å². The molecule has 1 fully saturated rings. The number of halogens is 1. The Bertz CT molecular complexity index is 555. The molecule has 3 heteroatoms. The second-order valence-electron chi connectivity index (χ2n) is 4.49. The van der Waals surface area contributed by atoms with E-state index in [2.05, 4.69) is 0 Å². The van der Waals surface area contributed by atoms with Gasteiger partial charge in [0.15, 0.2) is 11.4 Å². The molecule has 1 aliphatic rings. The number of benzene rings is 1. The van der Waals surface area contributed by atoms with E-state index in [-0.39, 0.29) is 5.82 Å². The predicted octanol–water partition coefficient (Wildman–Crippen LogP) is 3.22. The maximum Gasteiger partial charge on any atom is 0.170 e. The molecular weight excluding hydrogens is 205 g/mol. The van der Waals surface area contributed by atoms with Crippen molar-refractivity contribution in [2.75, 3.05) is 0 Å². The van der Waals surface area contributed by atoms with Gasteiger partial charge in [-0.25, -0.2) is 4.39 Å². The highest BCUT2D eigenvalue weighted by atomic mass is 19.1. The minimum absolute atomic E-state index is 0.290. The molecule has 16 heavy (non-hydrogen) atoms. The van der Waals surface area contributed by atoms with E-state index in [4.69, 9.17) is 10.2 Å². The van der Waals surface area contributed by atoms with Gasteiger partial charge in [0, 0.05) is 10.9 Å². The molecule has 0 bridgehead atoms. The second-order valence-corrected chi connectivity index (χ2v) is 4.49. The maximum atomic E-state index is 13.6. The summed E-state index contributed by atoms with van der Waals surface area (Å²) in [5.41, 5.74) is 8.26. The largest absolute Gasteiger partial charge is 0.456 e. The van der Waals surface area contributed by atoms with Gasteiger partial charge in [-0.1, -0.05) is 6.07 Å². The molecule has 1 heterocycles. The Morgan fingerprint density at radius 1 is 1.44 bits per heavy atom. The van der Waals surface area contributed by atoms with Crippen molar-refractivity contribution in [2.24, 2.45) is 5.73 Å². The number of aryl methyl sites for hydroxylation is 1. The normalized spacial score (nSPS) is 15.9. The molecule has 0 aliphatic heterocycles. The number of nitrogens with two attached hydrogens (primary N) is 1. The molecule has 84 valence electrons. The highest BCUT2D eigenvalue weighted by molar-refractivity contribution is 5.87. The van der Waals surface area contributed by atoms with E-state index in [1.54, 1.807) is 6.07 Å². The van der Waals surface area contributed by atoms with E-state index in [1.807, 2.05) is 6.92 Å². The first kappa shape index (κ1) is 9.85. The van der Waals surface area contributed by atoms with Crippen LogP contribution in [0.2, 0.25) is 0 Å². The Hall–Kier alpha value is -1.35. The maximum absolute atomic E-state index is 13.6. The van der Waals surface area contributed by atoms with Gasteiger partial charge in [0.1, 0.15) is 5.76 Å². The second kappa shape index (κ2) is 3.32. The number of hydrogen-bond donors (Lipinski definition) is 1. The van der Waals surface area contributed by atoms with Crippen LogP contribution in [-0.2, 0) is 6.54 Å². The molecule has 3 rings (SSSR count). The Kier molecular flexibility index (Phi) is 2.04. The first-order valence-corrected chi connectivity index (χ1v) is 5.62. The van der Waals surface area contributed by atoms with Crippen LogP contribution >= 0.6 is 0 Å². The molecule has 1 aromatic carbocycles. The molecule has 0 spiro atoms.